The molecular weight excluding hydrogens is 136 g/mol. The lowest BCUT2D eigenvalue weighted by Gasteiger charge is -2.35. The van der Waals surface area contributed by atoms with E-state index in [0.29, 0.717) is 18.2 Å². The van der Waals surface area contributed by atoms with Gasteiger partial charge in [-0.15, -0.1) is 0 Å². The van der Waals surface area contributed by atoms with Crippen LogP contribution in [0.3, 0.4) is 0 Å². The molecule has 0 aliphatic heterocycles. The molecule has 0 saturated heterocycles. The first-order valence-corrected chi connectivity index (χ1v) is 4.30. The van der Waals surface area contributed by atoms with Crippen LogP contribution < -0.4 is 5.32 Å². The van der Waals surface area contributed by atoms with Gasteiger partial charge in [-0.05, 0) is 34.6 Å². The summed E-state index contributed by atoms with van der Waals surface area (Å²) in [5, 5.41) is 3.00. The second kappa shape index (κ2) is 4.73. The second-order valence-corrected chi connectivity index (χ2v) is 3.51. The first-order chi connectivity index (χ1) is 5.00. The second-order valence-electron chi connectivity index (χ2n) is 3.51. The Bertz CT molecular complexity index is 91.7. The molecule has 1 unspecified atom stereocenters. The maximum absolute atomic E-state index is 3.68. The van der Waals surface area contributed by atoms with Gasteiger partial charge in [0, 0.05) is 19.1 Å². The molecular formula is C9H21N2. The molecule has 0 saturated carbocycles. The maximum Gasteiger partial charge on any atom is 0.0573 e. The van der Waals surface area contributed by atoms with E-state index in [9.17, 15) is 0 Å². The summed E-state index contributed by atoms with van der Waals surface area (Å²) >= 11 is 0. The fraction of sp³-hybridized carbons (Fsp3) is 0.889. The standard InChI is InChI=1S/C9H21N2/c1-7(2)11(8(3)4)9(5)10-6/h7-10H,6H2,1-5H3. The molecule has 2 nitrogen and oxygen atoms in total. The van der Waals surface area contributed by atoms with Gasteiger partial charge in [-0.1, -0.05) is 0 Å². The van der Waals surface area contributed by atoms with E-state index in [0.717, 1.165) is 0 Å². The fourth-order valence-corrected chi connectivity index (χ4v) is 1.60. The highest BCUT2D eigenvalue weighted by atomic mass is 15.3. The molecule has 0 rings (SSSR count). The molecule has 0 fully saturated rings. The van der Waals surface area contributed by atoms with Crippen LogP contribution in [-0.4, -0.2) is 23.1 Å². The highest BCUT2D eigenvalue weighted by Gasteiger charge is 2.17. The quantitative estimate of drug-likeness (QED) is 0.626. The van der Waals surface area contributed by atoms with E-state index in [1.54, 1.807) is 0 Å². The lowest BCUT2D eigenvalue weighted by Crippen LogP contribution is -2.48. The van der Waals surface area contributed by atoms with E-state index >= 15 is 0 Å². The van der Waals surface area contributed by atoms with Gasteiger partial charge in [0.1, 0.15) is 0 Å². The molecule has 2 heteroatoms. The van der Waals surface area contributed by atoms with Gasteiger partial charge in [0.2, 0.25) is 0 Å². The van der Waals surface area contributed by atoms with Crippen LogP contribution >= 0.6 is 0 Å². The predicted octanol–water partition coefficient (Wildman–Crippen LogP) is 1.83. The first kappa shape index (κ1) is 10.9. The van der Waals surface area contributed by atoms with Gasteiger partial charge in [-0.2, -0.15) is 0 Å². The van der Waals surface area contributed by atoms with Crippen LogP contribution in [0.5, 0.6) is 0 Å². The van der Waals surface area contributed by atoms with E-state index in [-0.39, 0.29) is 0 Å². The third-order valence-electron chi connectivity index (χ3n) is 1.94. The van der Waals surface area contributed by atoms with Crippen molar-refractivity contribution in [2.24, 2.45) is 0 Å². The van der Waals surface area contributed by atoms with Crippen LogP contribution in [0.25, 0.3) is 0 Å². The Kier molecular flexibility index (Phi) is 4.69. The molecule has 0 heterocycles. The molecule has 0 aliphatic rings. The maximum atomic E-state index is 3.68. The Balaban J connectivity index is 4.09. The Morgan fingerprint density at radius 1 is 1.00 bits per heavy atom. The normalized spacial score (nSPS) is 15.0. The summed E-state index contributed by atoms with van der Waals surface area (Å²) in [5.74, 6) is 0. The van der Waals surface area contributed by atoms with E-state index in [1.807, 2.05) is 0 Å². The predicted molar refractivity (Wildman–Crippen MR) is 50.1 cm³/mol. The summed E-state index contributed by atoms with van der Waals surface area (Å²) in [7, 11) is 3.68. The van der Waals surface area contributed by atoms with Crippen molar-refractivity contribution in [1.29, 1.82) is 0 Å². The zero-order valence-corrected chi connectivity index (χ0v) is 8.39. The van der Waals surface area contributed by atoms with Crippen molar-refractivity contribution in [1.82, 2.24) is 10.2 Å². The third kappa shape index (κ3) is 3.21. The summed E-state index contributed by atoms with van der Waals surface area (Å²) in [6.45, 7) is 10.9. The molecule has 1 radical (unpaired) electrons. The van der Waals surface area contributed by atoms with E-state index in [1.165, 1.54) is 0 Å². The highest BCUT2D eigenvalue weighted by Crippen LogP contribution is 2.07. The fourth-order valence-electron chi connectivity index (χ4n) is 1.60. The first-order valence-electron chi connectivity index (χ1n) is 4.30. The van der Waals surface area contributed by atoms with Crippen molar-refractivity contribution < 1.29 is 0 Å². The number of hydrogen-bond acceptors (Lipinski definition) is 2. The lowest BCUT2D eigenvalue weighted by molar-refractivity contribution is 0.109. The van der Waals surface area contributed by atoms with Gasteiger partial charge in [0.05, 0.1) is 6.17 Å². The van der Waals surface area contributed by atoms with Crippen LogP contribution in [0.4, 0.5) is 0 Å². The van der Waals surface area contributed by atoms with Crippen LogP contribution in [0.2, 0.25) is 0 Å². The molecule has 1 atom stereocenters. The topological polar surface area (TPSA) is 15.3 Å². The molecule has 0 amide bonds. The SMILES string of the molecule is [CH2]NC(C)N(C(C)C)C(C)C. The average molecular weight is 157 g/mol. The smallest absolute Gasteiger partial charge is 0.0573 e. The molecule has 67 valence electrons. The third-order valence-corrected chi connectivity index (χ3v) is 1.94. The van der Waals surface area contributed by atoms with Crippen LogP contribution in [0.1, 0.15) is 34.6 Å². The van der Waals surface area contributed by atoms with Crippen molar-refractivity contribution in [2.75, 3.05) is 0 Å². The van der Waals surface area contributed by atoms with Crippen LogP contribution in [-0.2, 0) is 0 Å². The van der Waals surface area contributed by atoms with E-state index in [2.05, 4.69) is 51.9 Å². The van der Waals surface area contributed by atoms with E-state index in [4.69, 9.17) is 0 Å². The number of hydrogen-bond donors (Lipinski definition) is 1. The Morgan fingerprint density at radius 3 is 1.45 bits per heavy atom. The van der Waals surface area contributed by atoms with E-state index < -0.39 is 0 Å². The molecule has 0 aromatic carbocycles. The highest BCUT2D eigenvalue weighted by molar-refractivity contribution is 4.72. The van der Waals surface area contributed by atoms with Crippen molar-refractivity contribution in [3.05, 3.63) is 7.05 Å². The van der Waals surface area contributed by atoms with Crippen molar-refractivity contribution in [3.63, 3.8) is 0 Å². The van der Waals surface area contributed by atoms with Crippen molar-refractivity contribution in [2.45, 2.75) is 52.9 Å². The van der Waals surface area contributed by atoms with Gasteiger partial charge < -0.3 is 5.32 Å². The summed E-state index contributed by atoms with van der Waals surface area (Å²) in [6.07, 6.45) is 0.356. The van der Waals surface area contributed by atoms with Crippen LogP contribution in [0, 0.1) is 7.05 Å². The van der Waals surface area contributed by atoms with Gasteiger partial charge >= 0.3 is 0 Å². The van der Waals surface area contributed by atoms with Gasteiger partial charge in [-0.3, -0.25) is 4.90 Å². The number of nitrogens with one attached hydrogen (secondary N) is 1. The Labute approximate surface area is 71.0 Å². The number of rotatable bonds is 4. The molecule has 0 bridgehead atoms. The van der Waals surface area contributed by atoms with Gasteiger partial charge in [-0.25, -0.2) is 0 Å². The molecule has 1 N–H and O–H groups in total. The summed E-state index contributed by atoms with van der Waals surface area (Å²) < 4.78 is 0. The summed E-state index contributed by atoms with van der Waals surface area (Å²) in [4.78, 5) is 2.38. The summed E-state index contributed by atoms with van der Waals surface area (Å²) in [6, 6.07) is 1.14. The van der Waals surface area contributed by atoms with Gasteiger partial charge in [0.25, 0.3) is 0 Å². The number of nitrogens with zero attached hydrogens (tertiary/aromatic N) is 1. The minimum absolute atomic E-state index is 0.356. The zero-order chi connectivity index (χ0) is 9.02. The van der Waals surface area contributed by atoms with Crippen molar-refractivity contribution in [3.8, 4) is 0 Å². The molecule has 0 aromatic rings. The minimum Gasteiger partial charge on any atom is -0.301 e. The minimum atomic E-state index is 0.356. The molecule has 0 aromatic heterocycles. The largest absolute Gasteiger partial charge is 0.301 e. The summed E-state index contributed by atoms with van der Waals surface area (Å²) in [5.41, 5.74) is 0. The van der Waals surface area contributed by atoms with Crippen LogP contribution in [0.15, 0.2) is 0 Å². The Morgan fingerprint density at radius 2 is 1.36 bits per heavy atom. The average Bonchev–Trinajstić information content (AvgIpc) is 1.85. The lowest BCUT2D eigenvalue weighted by atomic mass is 10.2. The molecule has 11 heavy (non-hydrogen) atoms. The Hall–Kier alpha value is -0.0800. The zero-order valence-electron chi connectivity index (χ0n) is 8.39. The van der Waals surface area contributed by atoms with Gasteiger partial charge in [0.15, 0.2) is 0 Å². The van der Waals surface area contributed by atoms with Crippen molar-refractivity contribution >= 4 is 0 Å². The molecule has 0 spiro atoms. The molecule has 0 aliphatic carbocycles. The monoisotopic (exact) mass is 157 g/mol.